The van der Waals surface area contributed by atoms with Crippen molar-refractivity contribution < 1.29 is 17.4 Å². The fourth-order valence-electron chi connectivity index (χ4n) is 2.08. The van der Waals surface area contributed by atoms with E-state index in [2.05, 4.69) is 16.4 Å². The predicted molar refractivity (Wildman–Crippen MR) is 85.6 cm³/mol. The van der Waals surface area contributed by atoms with Gasteiger partial charge in [0, 0.05) is 13.0 Å². The van der Waals surface area contributed by atoms with E-state index in [4.69, 9.17) is 0 Å². The average molecular weight is 321 g/mol. The minimum atomic E-state index is -3.47. The van der Waals surface area contributed by atoms with Crippen molar-refractivity contribution in [2.75, 3.05) is 19.4 Å². The Hall–Kier alpha value is -0.620. The van der Waals surface area contributed by atoms with E-state index in [1.807, 2.05) is 0 Å². The molecule has 0 fully saturated rings. The van der Waals surface area contributed by atoms with Gasteiger partial charge >= 0.3 is 0 Å². The molecular formula is C15H31NO4S. The van der Waals surface area contributed by atoms with Crippen LogP contribution in [0.5, 0.6) is 0 Å². The highest BCUT2D eigenvalue weighted by Crippen LogP contribution is 2.10. The molecule has 0 aliphatic rings. The van der Waals surface area contributed by atoms with E-state index in [-0.39, 0.29) is 18.2 Å². The lowest BCUT2D eigenvalue weighted by Crippen LogP contribution is -2.29. The maximum atomic E-state index is 11.5. The highest BCUT2D eigenvalue weighted by Gasteiger charge is 2.09. The number of amides is 1. The van der Waals surface area contributed by atoms with Crippen molar-refractivity contribution in [3.63, 3.8) is 0 Å². The van der Waals surface area contributed by atoms with Gasteiger partial charge in [-0.2, -0.15) is 8.42 Å². The van der Waals surface area contributed by atoms with E-state index in [0.717, 1.165) is 20.0 Å². The molecule has 0 saturated carbocycles. The lowest BCUT2D eigenvalue weighted by Gasteiger charge is -2.05. The zero-order valence-electron chi connectivity index (χ0n) is 13.5. The largest absolute Gasteiger partial charge is 0.355 e. The molecule has 0 aromatic heterocycles. The fourth-order valence-corrected chi connectivity index (χ4v) is 2.60. The zero-order valence-corrected chi connectivity index (χ0v) is 14.3. The third kappa shape index (κ3) is 14.1. The molecule has 6 heteroatoms. The standard InChI is InChI=1S/C15H31NO4S/c1-3-4-5-6-7-8-9-10-11-12-15(17)16-13-14-21(18,19)20-2/h3-14H2,1-2H3,(H,16,17). The molecule has 21 heavy (non-hydrogen) atoms. The Kier molecular flexibility index (Phi) is 12.7. The van der Waals surface area contributed by atoms with Crippen molar-refractivity contribution in [1.82, 2.24) is 5.32 Å². The first-order valence-electron chi connectivity index (χ1n) is 8.07. The SMILES string of the molecule is CCCCCCCCCCCC(=O)NCCS(=O)(=O)OC. The molecule has 0 aliphatic carbocycles. The van der Waals surface area contributed by atoms with Gasteiger partial charge in [0.2, 0.25) is 5.91 Å². The fraction of sp³-hybridized carbons (Fsp3) is 0.933. The quantitative estimate of drug-likeness (QED) is 0.394. The molecule has 0 spiro atoms. The Morgan fingerprint density at radius 2 is 1.48 bits per heavy atom. The summed E-state index contributed by atoms with van der Waals surface area (Å²) < 4.78 is 26.4. The summed E-state index contributed by atoms with van der Waals surface area (Å²) in [5, 5.41) is 2.60. The molecule has 5 nitrogen and oxygen atoms in total. The summed E-state index contributed by atoms with van der Waals surface area (Å²) in [5.74, 6) is -0.253. The number of carbonyl (C=O) groups is 1. The number of carbonyl (C=O) groups excluding carboxylic acids is 1. The summed E-state index contributed by atoms with van der Waals surface area (Å²) in [6.07, 6.45) is 11.4. The topological polar surface area (TPSA) is 72.5 Å². The minimum absolute atomic E-state index is 0.0794. The monoisotopic (exact) mass is 321 g/mol. The molecule has 0 atom stereocenters. The lowest BCUT2D eigenvalue weighted by molar-refractivity contribution is -0.121. The summed E-state index contributed by atoms with van der Waals surface area (Å²) in [6, 6.07) is 0. The van der Waals surface area contributed by atoms with E-state index in [0.29, 0.717) is 6.42 Å². The Morgan fingerprint density at radius 3 is 2.00 bits per heavy atom. The summed E-state index contributed by atoms with van der Waals surface area (Å²) in [7, 11) is -2.35. The van der Waals surface area contributed by atoms with Crippen molar-refractivity contribution in [2.24, 2.45) is 0 Å². The summed E-state index contributed by atoms with van der Waals surface area (Å²) >= 11 is 0. The van der Waals surface area contributed by atoms with Crippen LogP contribution in [0.1, 0.15) is 71.1 Å². The number of hydrogen-bond acceptors (Lipinski definition) is 4. The second-order valence-electron chi connectivity index (χ2n) is 5.36. The van der Waals surface area contributed by atoms with Gasteiger partial charge in [-0.1, -0.05) is 58.3 Å². The molecule has 0 heterocycles. The summed E-state index contributed by atoms with van der Waals surface area (Å²) in [4.78, 5) is 11.5. The van der Waals surface area contributed by atoms with Gasteiger partial charge in [0.05, 0.1) is 12.9 Å². The van der Waals surface area contributed by atoms with Crippen LogP contribution in [0.3, 0.4) is 0 Å². The van der Waals surface area contributed by atoms with Gasteiger partial charge in [-0.3, -0.25) is 8.98 Å². The zero-order chi connectivity index (χ0) is 16.0. The molecular weight excluding hydrogens is 290 g/mol. The molecule has 1 N–H and O–H groups in total. The van der Waals surface area contributed by atoms with E-state index < -0.39 is 10.1 Å². The van der Waals surface area contributed by atoms with Gasteiger partial charge in [0.15, 0.2) is 0 Å². The molecule has 0 saturated heterocycles. The number of hydrogen-bond donors (Lipinski definition) is 1. The third-order valence-corrected chi connectivity index (χ3v) is 4.65. The first-order chi connectivity index (χ1) is 10.0. The van der Waals surface area contributed by atoms with Gasteiger partial charge in [0.25, 0.3) is 10.1 Å². The normalized spacial score (nSPS) is 11.5. The van der Waals surface area contributed by atoms with Crippen LogP contribution in [-0.4, -0.2) is 33.7 Å². The van der Waals surface area contributed by atoms with E-state index in [9.17, 15) is 13.2 Å². The van der Waals surface area contributed by atoms with Crippen LogP contribution >= 0.6 is 0 Å². The highest BCUT2D eigenvalue weighted by atomic mass is 32.2. The Balaban J connectivity index is 3.34. The van der Waals surface area contributed by atoms with Crippen LogP contribution in [0.4, 0.5) is 0 Å². The summed E-state index contributed by atoms with van der Waals surface area (Å²) in [5.41, 5.74) is 0. The molecule has 0 rings (SSSR count). The van der Waals surface area contributed by atoms with E-state index in [1.165, 1.54) is 44.9 Å². The van der Waals surface area contributed by atoms with Crippen LogP contribution in [-0.2, 0) is 19.1 Å². The Labute approximate surface area is 130 Å². The van der Waals surface area contributed by atoms with Crippen LogP contribution < -0.4 is 5.32 Å². The molecule has 1 amide bonds. The average Bonchev–Trinajstić information content (AvgIpc) is 2.45. The molecule has 0 unspecified atom stereocenters. The molecule has 0 aromatic carbocycles. The maximum Gasteiger partial charge on any atom is 0.268 e. The van der Waals surface area contributed by atoms with Crippen molar-refractivity contribution in [3.8, 4) is 0 Å². The Morgan fingerprint density at radius 1 is 0.952 bits per heavy atom. The van der Waals surface area contributed by atoms with Gasteiger partial charge < -0.3 is 5.32 Å². The van der Waals surface area contributed by atoms with Crippen molar-refractivity contribution in [3.05, 3.63) is 0 Å². The number of nitrogens with one attached hydrogen (secondary N) is 1. The van der Waals surface area contributed by atoms with Gasteiger partial charge in [-0.25, -0.2) is 0 Å². The van der Waals surface area contributed by atoms with Gasteiger partial charge in [-0.15, -0.1) is 0 Å². The molecule has 0 radical (unpaired) electrons. The van der Waals surface area contributed by atoms with E-state index in [1.54, 1.807) is 0 Å². The smallest absolute Gasteiger partial charge is 0.268 e. The second kappa shape index (κ2) is 13.1. The molecule has 126 valence electrons. The highest BCUT2D eigenvalue weighted by molar-refractivity contribution is 7.86. The molecule has 0 aliphatic heterocycles. The Bertz CT molecular complexity index is 355. The van der Waals surface area contributed by atoms with Crippen LogP contribution in [0.15, 0.2) is 0 Å². The second-order valence-corrected chi connectivity index (χ2v) is 7.21. The van der Waals surface area contributed by atoms with Gasteiger partial charge in [-0.05, 0) is 6.42 Å². The van der Waals surface area contributed by atoms with Crippen LogP contribution in [0, 0.1) is 0 Å². The number of unbranched alkanes of at least 4 members (excludes halogenated alkanes) is 8. The first-order valence-corrected chi connectivity index (χ1v) is 9.64. The van der Waals surface area contributed by atoms with Crippen molar-refractivity contribution in [2.45, 2.75) is 71.1 Å². The lowest BCUT2D eigenvalue weighted by atomic mass is 10.1. The predicted octanol–water partition coefficient (Wildman–Crippen LogP) is 3.00. The maximum absolute atomic E-state index is 11.5. The number of rotatable bonds is 14. The first kappa shape index (κ1) is 20.4. The summed E-state index contributed by atoms with van der Waals surface area (Å²) in [6.45, 7) is 2.34. The minimum Gasteiger partial charge on any atom is -0.355 e. The van der Waals surface area contributed by atoms with Crippen LogP contribution in [0.25, 0.3) is 0 Å². The molecule has 0 bridgehead atoms. The van der Waals surface area contributed by atoms with Crippen molar-refractivity contribution in [1.29, 1.82) is 0 Å². The van der Waals surface area contributed by atoms with Crippen molar-refractivity contribution >= 4 is 16.0 Å². The third-order valence-electron chi connectivity index (χ3n) is 3.44. The van der Waals surface area contributed by atoms with Gasteiger partial charge in [0.1, 0.15) is 0 Å². The molecule has 0 aromatic rings. The van der Waals surface area contributed by atoms with Crippen LogP contribution in [0.2, 0.25) is 0 Å². The van der Waals surface area contributed by atoms with E-state index >= 15 is 0 Å².